The Morgan fingerprint density at radius 1 is 1.31 bits per heavy atom. The molecule has 0 saturated carbocycles. The maximum absolute atomic E-state index is 5.66. The second-order valence-electron chi connectivity index (χ2n) is 6.45. The van der Waals surface area contributed by atoms with E-state index in [1.54, 1.807) is 11.3 Å². The molecule has 1 saturated heterocycles. The number of thiazole rings is 1. The molecule has 0 atom stereocenters. The van der Waals surface area contributed by atoms with E-state index in [0.717, 1.165) is 43.5 Å². The van der Waals surface area contributed by atoms with Gasteiger partial charge < -0.3 is 14.2 Å². The van der Waals surface area contributed by atoms with Crippen molar-refractivity contribution in [3.05, 3.63) is 51.3 Å². The molecule has 1 aliphatic heterocycles. The lowest BCUT2D eigenvalue weighted by molar-refractivity contribution is -0.924. The number of anilines is 1. The summed E-state index contributed by atoms with van der Waals surface area (Å²) in [5, 5.41) is 7.65. The van der Waals surface area contributed by atoms with Crippen LogP contribution in [0.25, 0.3) is 0 Å². The molecule has 1 aliphatic rings. The Morgan fingerprint density at radius 3 is 2.77 bits per heavy atom. The van der Waals surface area contributed by atoms with E-state index in [4.69, 9.17) is 16.6 Å². The monoisotopic (exact) mass is 390 g/mol. The molecule has 0 bridgehead atoms. The molecule has 0 amide bonds. The second kappa shape index (κ2) is 7.65. The molecule has 9 heteroatoms. The fourth-order valence-electron chi connectivity index (χ4n) is 3.21. The molecule has 136 valence electrons. The first kappa shape index (κ1) is 17.3. The van der Waals surface area contributed by atoms with Crippen LogP contribution in [-0.2, 0) is 13.1 Å². The molecule has 0 spiro atoms. The highest BCUT2D eigenvalue weighted by molar-refractivity contribution is 7.71. The van der Waals surface area contributed by atoms with Gasteiger partial charge in [-0.15, -0.1) is 16.4 Å². The minimum atomic E-state index is 0.445. The number of quaternary nitrogens is 1. The molecule has 7 nitrogen and oxygen atoms in total. The number of pyridine rings is 1. The number of aromatic amines is 1. The second-order valence-corrected chi connectivity index (χ2v) is 7.86. The van der Waals surface area contributed by atoms with Gasteiger partial charge in [-0.3, -0.25) is 0 Å². The van der Waals surface area contributed by atoms with Crippen molar-refractivity contribution in [2.75, 3.05) is 31.1 Å². The Hall–Kier alpha value is -2.10. The van der Waals surface area contributed by atoms with Crippen molar-refractivity contribution >= 4 is 29.2 Å². The average Bonchev–Trinajstić information content (AvgIpc) is 3.22. The van der Waals surface area contributed by atoms with Gasteiger partial charge in [-0.1, -0.05) is 0 Å². The van der Waals surface area contributed by atoms with Gasteiger partial charge in [0.2, 0.25) is 5.89 Å². The van der Waals surface area contributed by atoms with E-state index in [1.165, 1.54) is 10.6 Å². The van der Waals surface area contributed by atoms with Crippen molar-refractivity contribution in [1.29, 1.82) is 0 Å². The van der Waals surface area contributed by atoms with Gasteiger partial charge in [0, 0.05) is 23.2 Å². The van der Waals surface area contributed by atoms with Crippen molar-refractivity contribution in [2.45, 2.75) is 20.0 Å². The van der Waals surface area contributed by atoms with E-state index in [0.29, 0.717) is 17.1 Å². The highest BCUT2D eigenvalue weighted by Gasteiger charge is 2.22. The summed E-state index contributed by atoms with van der Waals surface area (Å²) >= 11 is 6.99. The largest absolute Gasteiger partial charge is 0.413 e. The van der Waals surface area contributed by atoms with Crippen molar-refractivity contribution < 1.29 is 14.3 Å². The lowest BCUT2D eigenvalue weighted by Crippen LogP contribution is -3.14. The van der Waals surface area contributed by atoms with Gasteiger partial charge >= 0.3 is 0 Å². The Morgan fingerprint density at radius 2 is 2.08 bits per heavy atom. The zero-order chi connectivity index (χ0) is 17.9. The van der Waals surface area contributed by atoms with Crippen molar-refractivity contribution in [3.8, 4) is 0 Å². The number of nitrogens with one attached hydrogen (secondary N) is 2. The number of hydrogen-bond acceptors (Lipinski definition) is 6. The quantitative estimate of drug-likeness (QED) is 0.651. The molecule has 26 heavy (non-hydrogen) atoms. The molecular formula is C17H22N6OS2+2. The van der Waals surface area contributed by atoms with Crippen LogP contribution in [0.2, 0.25) is 0 Å². The number of rotatable bonds is 5. The van der Waals surface area contributed by atoms with Crippen LogP contribution in [0.15, 0.2) is 34.3 Å². The summed E-state index contributed by atoms with van der Waals surface area (Å²) in [5.41, 5.74) is 2.25. The predicted octanol–water partition coefficient (Wildman–Crippen LogP) is 0.738. The van der Waals surface area contributed by atoms with Gasteiger partial charge in [-0.2, -0.15) is 4.68 Å². The summed E-state index contributed by atoms with van der Waals surface area (Å²) in [4.78, 5) is 11.9. The van der Waals surface area contributed by atoms with Gasteiger partial charge in [0.15, 0.2) is 19.1 Å². The number of aryl methyl sites for hydroxylation is 1. The predicted molar refractivity (Wildman–Crippen MR) is 101 cm³/mol. The van der Waals surface area contributed by atoms with Crippen LogP contribution in [-0.4, -0.2) is 40.9 Å². The first-order valence-corrected chi connectivity index (χ1v) is 9.98. The van der Waals surface area contributed by atoms with E-state index in [2.05, 4.69) is 32.1 Å². The van der Waals surface area contributed by atoms with E-state index in [1.807, 2.05) is 29.4 Å². The molecule has 2 N–H and O–H groups in total. The number of piperazine rings is 1. The zero-order valence-electron chi connectivity index (χ0n) is 14.6. The molecule has 0 aliphatic carbocycles. The molecule has 3 aromatic heterocycles. The summed E-state index contributed by atoms with van der Waals surface area (Å²) < 4.78 is 7.48. The Labute approximate surface area is 160 Å². The molecule has 0 aromatic carbocycles. The van der Waals surface area contributed by atoms with Crippen molar-refractivity contribution in [3.63, 3.8) is 0 Å². The molecular weight excluding hydrogens is 368 g/mol. The molecule has 3 aromatic rings. The maximum Gasteiger partial charge on any atom is 0.291 e. The van der Waals surface area contributed by atoms with Crippen molar-refractivity contribution in [2.24, 2.45) is 0 Å². The highest BCUT2D eigenvalue weighted by atomic mass is 32.1. The van der Waals surface area contributed by atoms with E-state index in [-0.39, 0.29) is 0 Å². The summed E-state index contributed by atoms with van der Waals surface area (Å²) in [6.07, 6.45) is 4.53. The Kier molecular flexibility index (Phi) is 5.09. The van der Waals surface area contributed by atoms with Crippen molar-refractivity contribution in [1.82, 2.24) is 14.8 Å². The summed E-state index contributed by atoms with van der Waals surface area (Å²) in [6.45, 7) is 6.89. The average molecular weight is 391 g/mol. The summed E-state index contributed by atoms with van der Waals surface area (Å²) in [6, 6.07) is 4.23. The minimum Gasteiger partial charge on any atom is -0.413 e. The molecule has 1 fully saturated rings. The number of hydrogen-bond donors (Lipinski definition) is 1. The van der Waals surface area contributed by atoms with Gasteiger partial charge in [0.05, 0.1) is 43.3 Å². The normalized spacial score (nSPS) is 15.5. The zero-order valence-corrected chi connectivity index (χ0v) is 16.3. The SMILES string of the molecule is Cc1nc(Cc2nn(C[NH+]3CCN(c4cc[nH+]cc4)CC3)c(=S)o2)cs1. The fraction of sp³-hybridized carbons (Fsp3) is 0.412. The number of H-pyrrole nitrogens is 1. The fourth-order valence-corrected chi connectivity index (χ4v) is 4.02. The smallest absolute Gasteiger partial charge is 0.291 e. The van der Waals surface area contributed by atoms with Crippen LogP contribution in [0.4, 0.5) is 5.69 Å². The third-order valence-electron chi connectivity index (χ3n) is 4.56. The highest BCUT2D eigenvalue weighted by Crippen LogP contribution is 2.13. The van der Waals surface area contributed by atoms with Crippen LogP contribution < -0.4 is 14.8 Å². The molecule has 0 radical (unpaired) electrons. The summed E-state index contributed by atoms with van der Waals surface area (Å²) in [5.74, 6) is 0.638. The lowest BCUT2D eigenvalue weighted by Gasteiger charge is -2.32. The van der Waals surface area contributed by atoms with Gasteiger partial charge in [-0.05, 0) is 19.1 Å². The van der Waals surface area contributed by atoms with E-state index < -0.39 is 0 Å². The van der Waals surface area contributed by atoms with E-state index in [9.17, 15) is 0 Å². The van der Waals surface area contributed by atoms with Crippen LogP contribution in [0, 0.1) is 11.8 Å². The molecule has 4 rings (SSSR count). The Bertz CT molecular complexity index is 911. The van der Waals surface area contributed by atoms with Gasteiger partial charge in [0.25, 0.3) is 4.84 Å². The minimum absolute atomic E-state index is 0.445. The number of aromatic nitrogens is 4. The maximum atomic E-state index is 5.66. The lowest BCUT2D eigenvalue weighted by atomic mass is 10.3. The van der Waals surface area contributed by atoms with Crippen LogP contribution >= 0.6 is 23.6 Å². The van der Waals surface area contributed by atoms with Gasteiger partial charge in [-0.25, -0.2) is 9.97 Å². The number of nitrogens with zero attached hydrogens (tertiary/aromatic N) is 4. The molecule has 0 unspecified atom stereocenters. The first-order valence-electron chi connectivity index (χ1n) is 8.70. The summed E-state index contributed by atoms with van der Waals surface area (Å²) in [7, 11) is 0. The van der Waals surface area contributed by atoms with Crippen LogP contribution in [0.3, 0.4) is 0 Å². The third kappa shape index (κ3) is 4.00. The van der Waals surface area contributed by atoms with Gasteiger partial charge in [0.1, 0.15) is 0 Å². The first-order chi connectivity index (χ1) is 12.7. The molecule has 4 heterocycles. The topological polar surface area (TPSA) is 65.7 Å². The van der Waals surface area contributed by atoms with Crippen LogP contribution in [0.5, 0.6) is 0 Å². The third-order valence-corrected chi connectivity index (χ3v) is 5.67. The van der Waals surface area contributed by atoms with Crippen LogP contribution in [0.1, 0.15) is 16.6 Å². The standard InChI is InChI=1S/C17H20N6OS2/c1-13-19-14(11-26-13)10-16-20-23(17(25)24-16)12-21-6-8-22(9-7-21)15-2-4-18-5-3-15/h2-5,11H,6-10,12H2,1H3/p+2. The Balaban J connectivity index is 1.35. The van der Waals surface area contributed by atoms with E-state index >= 15 is 0 Å².